The van der Waals surface area contributed by atoms with Crippen LogP contribution in [0.3, 0.4) is 0 Å². The van der Waals surface area contributed by atoms with Crippen LogP contribution in [0.15, 0.2) is 108 Å². The van der Waals surface area contributed by atoms with E-state index in [4.69, 9.17) is 4.42 Å². The normalized spacial score (nSPS) is 11.9. The highest BCUT2D eigenvalue weighted by molar-refractivity contribution is 6.10. The topological polar surface area (TPSA) is 17.0 Å². The average molecular weight is 483 g/mol. The molecule has 2 aromatic heterocycles. The van der Waals surface area contributed by atoms with Crippen molar-refractivity contribution in [3.05, 3.63) is 114 Å². The minimum absolute atomic E-state index is 0.00964. The van der Waals surface area contributed by atoms with Crippen LogP contribution in [-0.2, 0) is 12.5 Å². The van der Waals surface area contributed by atoms with Crippen molar-refractivity contribution in [3.8, 4) is 33.5 Å². The molecule has 0 aliphatic rings. The highest BCUT2D eigenvalue weighted by Gasteiger charge is 2.27. The SMILES string of the molecule is Cc1ccc2c(oc3cc(-c4ccccc4)ccc32)c1-c1cc(-c2ccccc2)c(C(C)(C)C)c[n+]1C. The molecule has 0 saturated carbocycles. The van der Waals surface area contributed by atoms with Crippen LogP contribution >= 0.6 is 0 Å². The molecule has 182 valence electrons. The van der Waals surface area contributed by atoms with E-state index in [1.165, 1.54) is 27.8 Å². The number of hydrogen-bond donors (Lipinski definition) is 0. The van der Waals surface area contributed by atoms with E-state index >= 15 is 0 Å². The van der Waals surface area contributed by atoms with Crippen LogP contribution in [0.25, 0.3) is 55.4 Å². The van der Waals surface area contributed by atoms with Gasteiger partial charge in [0.15, 0.2) is 6.20 Å². The Morgan fingerprint density at radius 2 is 1.32 bits per heavy atom. The molecule has 0 radical (unpaired) electrons. The summed E-state index contributed by atoms with van der Waals surface area (Å²) in [5.41, 5.74) is 11.5. The van der Waals surface area contributed by atoms with Crippen LogP contribution in [0.4, 0.5) is 0 Å². The molecular formula is C35H32NO+. The second kappa shape index (κ2) is 8.74. The standard InChI is InChI=1S/C35H32NO/c1-23-16-18-28-27-19-17-26(24-12-8-6-9-13-24)20-32(27)37-34(28)33(23)31-21-29(25-14-10-7-11-15-25)30(22-36(31)5)35(2,3)4/h6-22H,1-5H3/q+1. The smallest absolute Gasteiger partial charge is 0.216 e. The summed E-state index contributed by atoms with van der Waals surface area (Å²) in [7, 11) is 2.15. The molecule has 0 spiro atoms. The monoisotopic (exact) mass is 482 g/mol. The number of furan rings is 1. The van der Waals surface area contributed by atoms with Gasteiger partial charge in [0.1, 0.15) is 18.2 Å². The molecule has 2 heterocycles. The van der Waals surface area contributed by atoms with E-state index in [0.717, 1.165) is 38.8 Å². The van der Waals surface area contributed by atoms with Crippen molar-refractivity contribution in [1.29, 1.82) is 0 Å². The predicted molar refractivity (Wildman–Crippen MR) is 155 cm³/mol. The number of aromatic nitrogens is 1. The molecule has 37 heavy (non-hydrogen) atoms. The number of benzene rings is 4. The Hall–Kier alpha value is -4.17. The fourth-order valence-electron chi connectivity index (χ4n) is 5.42. The number of fused-ring (bicyclic) bond motifs is 3. The Balaban J connectivity index is 1.61. The molecule has 0 saturated heterocycles. The first-order valence-electron chi connectivity index (χ1n) is 12.9. The van der Waals surface area contributed by atoms with E-state index in [-0.39, 0.29) is 5.41 Å². The maximum Gasteiger partial charge on any atom is 0.216 e. The quantitative estimate of drug-likeness (QED) is 0.230. The molecule has 0 fully saturated rings. The number of hydrogen-bond acceptors (Lipinski definition) is 1. The first-order chi connectivity index (χ1) is 17.8. The second-order valence-corrected chi connectivity index (χ2v) is 11.0. The molecule has 2 nitrogen and oxygen atoms in total. The lowest BCUT2D eigenvalue weighted by molar-refractivity contribution is -0.660. The molecule has 0 bridgehead atoms. The van der Waals surface area contributed by atoms with E-state index in [0.29, 0.717) is 0 Å². The number of rotatable bonds is 3. The third-order valence-corrected chi connectivity index (χ3v) is 7.38. The van der Waals surface area contributed by atoms with Gasteiger partial charge in [-0.2, -0.15) is 0 Å². The maximum atomic E-state index is 6.67. The van der Waals surface area contributed by atoms with E-state index < -0.39 is 0 Å². The van der Waals surface area contributed by atoms with Crippen LogP contribution in [0, 0.1) is 6.92 Å². The molecule has 6 aromatic rings. The van der Waals surface area contributed by atoms with Crippen LogP contribution in [0.2, 0.25) is 0 Å². The van der Waals surface area contributed by atoms with Crippen LogP contribution in [-0.4, -0.2) is 0 Å². The van der Waals surface area contributed by atoms with E-state index in [2.05, 4.69) is 137 Å². The van der Waals surface area contributed by atoms with Crippen molar-refractivity contribution in [1.82, 2.24) is 0 Å². The summed E-state index contributed by atoms with van der Waals surface area (Å²) in [5, 5.41) is 2.30. The highest BCUT2D eigenvalue weighted by Crippen LogP contribution is 2.40. The van der Waals surface area contributed by atoms with E-state index in [1.54, 1.807) is 0 Å². The third kappa shape index (κ3) is 4.03. The van der Waals surface area contributed by atoms with Crippen molar-refractivity contribution < 1.29 is 8.98 Å². The van der Waals surface area contributed by atoms with Crippen molar-refractivity contribution in [2.75, 3.05) is 0 Å². The van der Waals surface area contributed by atoms with E-state index in [9.17, 15) is 0 Å². The zero-order valence-electron chi connectivity index (χ0n) is 22.2. The summed E-state index contributed by atoms with van der Waals surface area (Å²) in [6.45, 7) is 9.02. The van der Waals surface area contributed by atoms with Gasteiger partial charge in [0.05, 0.1) is 5.56 Å². The first kappa shape index (κ1) is 23.2. The van der Waals surface area contributed by atoms with Gasteiger partial charge in [0.2, 0.25) is 5.69 Å². The Bertz CT molecular complexity index is 1750. The molecule has 0 amide bonds. The van der Waals surface area contributed by atoms with Gasteiger partial charge in [-0.3, -0.25) is 0 Å². The van der Waals surface area contributed by atoms with E-state index in [1.807, 2.05) is 6.07 Å². The minimum Gasteiger partial charge on any atom is -0.455 e. The number of pyridine rings is 1. The van der Waals surface area contributed by atoms with Crippen molar-refractivity contribution in [3.63, 3.8) is 0 Å². The summed E-state index contributed by atoms with van der Waals surface area (Å²) in [4.78, 5) is 0. The molecule has 2 heteroatoms. The van der Waals surface area contributed by atoms with Gasteiger partial charge in [0, 0.05) is 22.4 Å². The van der Waals surface area contributed by atoms with Gasteiger partial charge in [-0.1, -0.05) is 99.6 Å². The zero-order chi connectivity index (χ0) is 25.7. The summed E-state index contributed by atoms with van der Waals surface area (Å²) < 4.78 is 8.93. The summed E-state index contributed by atoms with van der Waals surface area (Å²) in [6.07, 6.45) is 2.30. The maximum absolute atomic E-state index is 6.67. The zero-order valence-corrected chi connectivity index (χ0v) is 22.2. The highest BCUT2D eigenvalue weighted by atomic mass is 16.3. The number of nitrogens with zero attached hydrogens (tertiary/aromatic N) is 1. The Labute approximate surface area is 218 Å². The molecule has 0 atom stereocenters. The molecule has 0 aliphatic heterocycles. The van der Waals surface area contributed by atoms with Crippen molar-refractivity contribution >= 4 is 21.9 Å². The molecular weight excluding hydrogens is 450 g/mol. The van der Waals surface area contributed by atoms with Gasteiger partial charge in [-0.05, 0) is 52.3 Å². The van der Waals surface area contributed by atoms with Gasteiger partial charge >= 0.3 is 0 Å². The van der Waals surface area contributed by atoms with Crippen LogP contribution < -0.4 is 4.57 Å². The molecule has 0 N–H and O–H groups in total. The molecule has 4 aromatic carbocycles. The summed E-state index contributed by atoms with van der Waals surface area (Å²) >= 11 is 0. The van der Waals surface area contributed by atoms with Gasteiger partial charge < -0.3 is 4.42 Å². The van der Waals surface area contributed by atoms with Crippen LogP contribution in [0.5, 0.6) is 0 Å². The minimum atomic E-state index is 0.00964. The molecule has 0 aliphatic carbocycles. The number of aryl methyl sites for hydroxylation is 2. The van der Waals surface area contributed by atoms with Crippen molar-refractivity contribution in [2.45, 2.75) is 33.1 Å². The molecule has 0 unspecified atom stereocenters. The van der Waals surface area contributed by atoms with Gasteiger partial charge in [0.25, 0.3) is 0 Å². The fourth-order valence-corrected chi connectivity index (χ4v) is 5.42. The third-order valence-electron chi connectivity index (χ3n) is 7.38. The van der Waals surface area contributed by atoms with Crippen LogP contribution in [0.1, 0.15) is 31.9 Å². The lowest BCUT2D eigenvalue weighted by Gasteiger charge is -2.22. The van der Waals surface area contributed by atoms with Crippen molar-refractivity contribution in [2.24, 2.45) is 7.05 Å². The fraction of sp³-hybridized carbons (Fsp3) is 0.171. The largest absolute Gasteiger partial charge is 0.455 e. The van der Waals surface area contributed by atoms with Gasteiger partial charge in [-0.15, -0.1) is 0 Å². The lowest BCUT2D eigenvalue weighted by Crippen LogP contribution is -2.34. The molecule has 6 rings (SSSR count). The Morgan fingerprint density at radius 3 is 2.00 bits per heavy atom. The summed E-state index contributed by atoms with van der Waals surface area (Å²) in [5.74, 6) is 0. The average Bonchev–Trinajstić information content (AvgIpc) is 3.27. The Morgan fingerprint density at radius 1 is 0.676 bits per heavy atom. The van der Waals surface area contributed by atoms with Gasteiger partial charge in [-0.25, -0.2) is 4.57 Å². The second-order valence-electron chi connectivity index (χ2n) is 11.0. The predicted octanol–water partition coefficient (Wildman–Crippen LogP) is 9.02. The first-order valence-corrected chi connectivity index (χ1v) is 12.9. The summed E-state index contributed by atoms with van der Waals surface area (Å²) in [6, 6.07) is 34.5. The Kier molecular flexibility index (Phi) is 5.49. The lowest BCUT2D eigenvalue weighted by atomic mass is 9.82.